The van der Waals surface area contributed by atoms with Gasteiger partial charge in [0.25, 0.3) is 5.56 Å². The molecule has 0 saturated heterocycles. The van der Waals surface area contributed by atoms with Crippen molar-refractivity contribution in [1.82, 2.24) is 14.6 Å². The third-order valence-corrected chi connectivity index (χ3v) is 2.45. The lowest BCUT2D eigenvalue weighted by atomic mass is 10.2. The second-order valence-electron chi connectivity index (χ2n) is 3.66. The molecule has 0 spiro atoms. The van der Waals surface area contributed by atoms with Gasteiger partial charge in [-0.1, -0.05) is 20.3 Å². The van der Waals surface area contributed by atoms with Crippen LogP contribution in [0.3, 0.4) is 0 Å². The van der Waals surface area contributed by atoms with Crippen molar-refractivity contribution in [2.24, 2.45) is 0 Å². The molecule has 2 heterocycles. The first-order valence-corrected chi connectivity index (χ1v) is 5.35. The van der Waals surface area contributed by atoms with Gasteiger partial charge >= 0.3 is 0 Å². The molecule has 0 aliphatic heterocycles. The summed E-state index contributed by atoms with van der Waals surface area (Å²) in [4.78, 5) is 14.2. The Bertz CT molecular complexity index is 524. The zero-order valence-corrected chi connectivity index (χ0v) is 9.08. The van der Waals surface area contributed by atoms with Crippen LogP contribution in [0.25, 0.3) is 5.65 Å². The van der Waals surface area contributed by atoms with Crippen LogP contribution in [-0.2, 0) is 12.8 Å². The number of aryl methyl sites for hydroxylation is 2. The Morgan fingerprint density at radius 1 is 1.40 bits per heavy atom. The molecule has 2 aromatic heterocycles. The summed E-state index contributed by atoms with van der Waals surface area (Å²) in [7, 11) is 0. The number of fused-ring (bicyclic) bond motifs is 1. The van der Waals surface area contributed by atoms with Crippen LogP contribution in [0.1, 0.15) is 31.7 Å². The van der Waals surface area contributed by atoms with E-state index < -0.39 is 0 Å². The van der Waals surface area contributed by atoms with E-state index in [1.54, 1.807) is 6.07 Å². The van der Waals surface area contributed by atoms with Crippen LogP contribution < -0.4 is 5.56 Å². The highest BCUT2D eigenvalue weighted by molar-refractivity contribution is 5.40. The van der Waals surface area contributed by atoms with Crippen molar-refractivity contribution in [3.63, 3.8) is 0 Å². The molecule has 0 aliphatic carbocycles. The molecule has 80 valence electrons. The summed E-state index contributed by atoms with van der Waals surface area (Å²) in [5, 5.41) is 4.44. The van der Waals surface area contributed by atoms with Gasteiger partial charge in [0.1, 0.15) is 5.65 Å². The van der Waals surface area contributed by atoms with Crippen LogP contribution in [0, 0.1) is 0 Å². The third kappa shape index (κ3) is 1.79. The lowest BCUT2D eigenvalue weighted by Crippen LogP contribution is -2.11. The molecule has 0 bridgehead atoms. The van der Waals surface area contributed by atoms with E-state index in [0.717, 1.165) is 36.3 Å². The van der Waals surface area contributed by atoms with E-state index in [2.05, 4.69) is 23.9 Å². The van der Waals surface area contributed by atoms with E-state index in [9.17, 15) is 4.79 Å². The van der Waals surface area contributed by atoms with Gasteiger partial charge < -0.3 is 4.98 Å². The number of hydrogen-bond donors (Lipinski definition) is 1. The molecule has 0 saturated carbocycles. The maximum atomic E-state index is 11.4. The molecule has 0 aliphatic rings. The van der Waals surface area contributed by atoms with Crippen molar-refractivity contribution in [2.45, 2.75) is 33.1 Å². The van der Waals surface area contributed by atoms with E-state index in [1.165, 1.54) is 0 Å². The first-order chi connectivity index (χ1) is 7.24. The lowest BCUT2D eigenvalue weighted by molar-refractivity contribution is 0.778. The number of rotatable bonds is 3. The SMILES string of the molecule is CCCc1cc(=O)[nH]c2cc(CC)nn12. The Morgan fingerprint density at radius 3 is 2.87 bits per heavy atom. The van der Waals surface area contributed by atoms with Gasteiger partial charge in [-0.05, 0) is 12.8 Å². The molecule has 4 heteroatoms. The molecule has 0 aromatic carbocycles. The summed E-state index contributed by atoms with van der Waals surface area (Å²) in [6.07, 6.45) is 2.78. The first-order valence-electron chi connectivity index (χ1n) is 5.35. The molecular formula is C11H15N3O. The predicted molar refractivity (Wildman–Crippen MR) is 59.2 cm³/mol. The van der Waals surface area contributed by atoms with Crippen molar-refractivity contribution in [2.75, 3.05) is 0 Å². The third-order valence-electron chi connectivity index (χ3n) is 2.45. The van der Waals surface area contributed by atoms with Gasteiger partial charge in [0.15, 0.2) is 0 Å². The van der Waals surface area contributed by atoms with Crippen molar-refractivity contribution in [3.8, 4) is 0 Å². The molecule has 2 aromatic rings. The predicted octanol–water partition coefficient (Wildman–Crippen LogP) is 1.54. The van der Waals surface area contributed by atoms with Gasteiger partial charge in [-0.2, -0.15) is 5.10 Å². The maximum absolute atomic E-state index is 11.4. The molecular weight excluding hydrogens is 190 g/mol. The van der Waals surface area contributed by atoms with Gasteiger partial charge in [-0.25, -0.2) is 4.52 Å². The molecule has 4 nitrogen and oxygen atoms in total. The Hall–Kier alpha value is -1.58. The molecule has 1 N–H and O–H groups in total. The summed E-state index contributed by atoms with van der Waals surface area (Å²) in [6, 6.07) is 3.56. The van der Waals surface area contributed by atoms with E-state index >= 15 is 0 Å². The van der Waals surface area contributed by atoms with Crippen molar-refractivity contribution >= 4 is 5.65 Å². The molecule has 0 fully saturated rings. The molecule has 0 radical (unpaired) electrons. The monoisotopic (exact) mass is 205 g/mol. The summed E-state index contributed by atoms with van der Waals surface area (Å²) in [5.74, 6) is 0. The fourth-order valence-corrected chi connectivity index (χ4v) is 1.72. The number of aromatic nitrogens is 3. The van der Waals surface area contributed by atoms with E-state index in [-0.39, 0.29) is 5.56 Å². The van der Waals surface area contributed by atoms with Crippen LogP contribution in [-0.4, -0.2) is 14.6 Å². The normalized spacial score (nSPS) is 11.1. The first kappa shape index (κ1) is 9.96. The second kappa shape index (κ2) is 3.88. The second-order valence-corrected chi connectivity index (χ2v) is 3.66. The molecule has 2 rings (SSSR count). The van der Waals surface area contributed by atoms with Crippen LogP contribution in [0.2, 0.25) is 0 Å². The summed E-state index contributed by atoms with van der Waals surface area (Å²) >= 11 is 0. The van der Waals surface area contributed by atoms with E-state index in [0.29, 0.717) is 0 Å². The van der Waals surface area contributed by atoms with Gasteiger partial charge in [0, 0.05) is 17.8 Å². The quantitative estimate of drug-likeness (QED) is 0.826. The minimum atomic E-state index is -0.0477. The van der Waals surface area contributed by atoms with Gasteiger partial charge in [-0.3, -0.25) is 4.79 Å². The van der Waals surface area contributed by atoms with Crippen LogP contribution in [0.4, 0.5) is 0 Å². The topological polar surface area (TPSA) is 50.2 Å². The Balaban J connectivity index is 2.66. The standard InChI is InChI=1S/C11H15N3O/c1-3-5-9-7-11(15)12-10-6-8(4-2)13-14(9)10/h6-7H,3-5H2,1-2H3,(H,12,15). The van der Waals surface area contributed by atoms with Crippen LogP contribution >= 0.6 is 0 Å². The van der Waals surface area contributed by atoms with Crippen LogP contribution in [0.5, 0.6) is 0 Å². The number of hydrogen-bond acceptors (Lipinski definition) is 2. The number of H-pyrrole nitrogens is 1. The van der Waals surface area contributed by atoms with E-state index in [1.807, 2.05) is 10.6 Å². The minimum absolute atomic E-state index is 0.0477. The summed E-state index contributed by atoms with van der Waals surface area (Å²) in [5.41, 5.74) is 2.74. The largest absolute Gasteiger partial charge is 0.307 e. The Morgan fingerprint density at radius 2 is 2.20 bits per heavy atom. The fraction of sp³-hybridized carbons (Fsp3) is 0.455. The molecule has 0 unspecified atom stereocenters. The summed E-state index contributed by atoms with van der Waals surface area (Å²) in [6.45, 7) is 4.15. The zero-order chi connectivity index (χ0) is 10.8. The Kier molecular flexibility index (Phi) is 2.58. The highest BCUT2D eigenvalue weighted by Gasteiger charge is 2.05. The lowest BCUT2D eigenvalue weighted by Gasteiger charge is -2.01. The fourth-order valence-electron chi connectivity index (χ4n) is 1.72. The maximum Gasteiger partial charge on any atom is 0.251 e. The highest BCUT2D eigenvalue weighted by atomic mass is 16.1. The Labute approximate surface area is 87.9 Å². The number of nitrogens with zero attached hydrogens (tertiary/aromatic N) is 2. The van der Waals surface area contributed by atoms with Crippen LogP contribution in [0.15, 0.2) is 16.9 Å². The van der Waals surface area contributed by atoms with Gasteiger partial charge in [0.2, 0.25) is 0 Å². The van der Waals surface area contributed by atoms with Gasteiger partial charge in [-0.15, -0.1) is 0 Å². The number of nitrogens with one attached hydrogen (secondary N) is 1. The van der Waals surface area contributed by atoms with Gasteiger partial charge in [0.05, 0.1) is 5.69 Å². The molecule has 15 heavy (non-hydrogen) atoms. The highest BCUT2D eigenvalue weighted by Crippen LogP contribution is 2.07. The minimum Gasteiger partial charge on any atom is -0.307 e. The smallest absolute Gasteiger partial charge is 0.251 e. The zero-order valence-electron chi connectivity index (χ0n) is 9.08. The average molecular weight is 205 g/mol. The molecule has 0 atom stereocenters. The van der Waals surface area contributed by atoms with Crippen molar-refractivity contribution in [3.05, 3.63) is 33.9 Å². The molecule has 0 amide bonds. The number of aromatic amines is 1. The van der Waals surface area contributed by atoms with Crippen molar-refractivity contribution in [1.29, 1.82) is 0 Å². The summed E-state index contributed by atoms with van der Waals surface area (Å²) < 4.78 is 1.84. The average Bonchev–Trinajstić information content (AvgIpc) is 2.61. The van der Waals surface area contributed by atoms with Crippen molar-refractivity contribution < 1.29 is 0 Å². The van der Waals surface area contributed by atoms with E-state index in [4.69, 9.17) is 0 Å².